The van der Waals surface area contributed by atoms with Gasteiger partial charge in [0, 0.05) is 12.1 Å². The number of amides is 2. The minimum Gasteiger partial charge on any atom is -0.481 e. The molecule has 1 aliphatic carbocycles. The van der Waals surface area contributed by atoms with Gasteiger partial charge in [-0.25, -0.2) is 14.6 Å². The zero-order valence-corrected chi connectivity index (χ0v) is 15.0. The van der Waals surface area contributed by atoms with E-state index in [0.29, 0.717) is 13.0 Å². The number of nitrogens with zero attached hydrogens (tertiary/aromatic N) is 1. The van der Waals surface area contributed by atoms with Crippen molar-refractivity contribution in [3.8, 4) is 0 Å². The second-order valence-corrected chi connectivity index (χ2v) is 7.99. The standard InChI is InChI=1S/C17H29N3O4/c1-5-12(6-14(22)23)19-15(24)20-13-7-16(2,3)9-17(4,8-13)10-18-11-21/h12-13H,5-10H2,1-4H3,(H,22,23)(H2,19,20,24). The number of carboxylic acids is 1. The van der Waals surface area contributed by atoms with Crippen LogP contribution < -0.4 is 10.6 Å². The minimum atomic E-state index is -0.930. The molecule has 0 spiro atoms. The molecule has 3 N–H and O–H groups in total. The summed E-state index contributed by atoms with van der Waals surface area (Å²) in [6.45, 7) is 8.59. The molecular formula is C17H29N3O4. The summed E-state index contributed by atoms with van der Waals surface area (Å²) in [5.74, 6) is -0.930. The highest BCUT2D eigenvalue weighted by molar-refractivity contribution is 5.76. The molecule has 0 bridgehead atoms. The van der Waals surface area contributed by atoms with Crippen LogP contribution in [0, 0.1) is 10.8 Å². The second kappa shape index (κ2) is 8.29. The first-order valence-electron chi connectivity index (χ1n) is 8.41. The summed E-state index contributed by atoms with van der Waals surface area (Å²) in [5, 5.41) is 14.5. The van der Waals surface area contributed by atoms with Crippen LogP contribution in [0.25, 0.3) is 0 Å². The highest BCUT2D eigenvalue weighted by Crippen LogP contribution is 2.46. The van der Waals surface area contributed by atoms with Crippen molar-refractivity contribution in [3.63, 3.8) is 0 Å². The Hall–Kier alpha value is -1.88. The fourth-order valence-corrected chi connectivity index (χ4v) is 4.00. The predicted octanol–water partition coefficient (Wildman–Crippen LogP) is 2.46. The number of aliphatic imine (C=N–C) groups is 1. The molecule has 24 heavy (non-hydrogen) atoms. The van der Waals surface area contributed by atoms with E-state index in [0.717, 1.165) is 19.3 Å². The van der Waals surface area contributed by atoms with Crippen molar-refractivity contribution in [3.05, 3.63) is 0 Å². The van der Waals surface area contributed by atoms with Gasteiger partial charge in [0.05, 0.1) is 13.0 Å². The van der Waals surface area contributed by atoms with Crippen molar-refractivity contribution in [2.75, 3.05) is 6.54 Å². The molecule has 7 heteroatoms. The van der Waals surface area contributed by atoms with Crippen molar-refractivity contribution >= 4 is 18.1 Å². The normalized spacial score (nSPS) is 26.8. The SMILES string of the molecule is CCC(CC(=O)O)NC(=O)NC1CC(C)(C)CC(C)(CN=C=O)C1. The van der Waals surface area contributed by atoms with E-state index in [1.54, 1.807) is 6.08 Å². The number of hydrogen-bond donors (Lipinski definition) is 3. The van der Waals surface area contributed by atoms with E-state index < -0.39 is 5.97 Å². The summed E-state index contributed by atoms with van der Waals surface area (Å²) in [4.78, 5) is 37.2. The van der Waals surface area contributed by atoms with Crippen LogP contribution in [0.2, 0.25) is 0 Å². The van der Waals surface area contributed by atoms with E-state index in [2.05, 4.69) is 36.4 Å². The molecule has 3 atom stereocenters. The lowest BCUT2D eigenvalue weighted by Crippen LogP contribution is -2.52. The molecule has 136 valence electrons. The van der Waals surface area contributed by atoms with Crippen molar-refractivity contribution < 1.29 is 19.5 Å². The molecule has 0 radical (unpaired) electrons. The zero-order chi connectivity index (χ0) is 18.4. The number of hydrogen-bond acceptors (Lipinski definition) is 4. The number of aliphatic carboxylic acids is 1. The number of carbonyl (C=O) groups is 2. The van der Waals surface area contributed by atoms with Gasteiger partial charge in [-0.15, -0.1) is 0 Å². The molecule has 0 aromatic rings. The van der Waals surface area contributed by atoms with Gasteiger partial charge in [0.25, 0.3) is 0 Å². The molecule has 2 amide bonds. The average molecular weight is 339 g/mol. The Bertz CT molecular complexity index is 514. The summed E-state index contributed by atoms with van der Waals surface area (Å²) in [7, 11) is 0. The van der Waals surface area contributed by atoms with Gasteiger partial charge in [0.2, 0.25) is 6.08 Å². The highest BCUT2D eigenvalue weighted by Gasteiger charge is 2.41. The molecule has 0 aromatic carbocycles. The first kappa shape index (κ1) is 20.2. The maximum Gasteiger partial charge on any atom is 0.315 e. The fraction of sp³-hybridized carbons (Fsp3) is 0.824. The van der Waals surface area contributed by atoms with Crippen LogP contribution in [0.3, 0.4) is 0 Å². The van der Waals surface area contributed by atoms with Crippen LogP contribution in [-0.4, -0.2) is 41.8 Å². The van der Waals surface area contributed by atoms with Crippen LogP contribution in [0.15, 0.2) is 4.99 Å². The third kappa shape index (κ3) is 6.71. The van der Waals surface area contributed by atoms with Gasteiger partial charge in [0.15, 0.2) is 0 Å². The molecule has 1 rings (SSSR count). The molecular weight excluding hydrogens is 310 g/mol. The van der Waals surface area contributed by atoms with Gasteiger partial charge in [-0.2, -0.15) is 0 Å². The van der Waals surface area contributed by atoms with E-state index in [1.165, 1.54) is 0 Å². The Kier molecular flexibility index (Phi) is 6.96. The van der Waals surface area contributed by atoms with Crippen LogP contribution in [0.1, 0.15) is 59.8 Å². The predicted molar refractivity (Wildman–Crippen MR) is 90.5 cm³/mol. The van der Waals surface area contributed by atoms with E-state index in [9.17, 15) is 14.4 Å². The smallest absolute Gasteiger partial charge is 0.315 e. The number of carbonyl (C=O) groups excluding carboxylic acids is 2. The lowest BCUT2D eigenvalue weighted by atomic mass is 9.62. The molecule has 3 unspecified atom stereocenters. The maximum atomic E-state index is 12.2. The monoisotopic (exact) mass is 339 g/mol. The summed E-state index contributed by atoms with van der Waals surface area (Å²) in [5.41, 5.74) is -0.142. The molecule has 1 saturated carbocycles. The van der Waals surface area contributed by atoms with Crippen LogP contribution >= 0.6 is 0 Å². The topological polar surface area (TPSA) is 108 Å². The minimum absolute atomic E-state index is 0.0224. The summed E-state index contributed by atoms with van der Waals surface area (Å²) < 4.78 is 0. The van der Waals surface area contributed by atoms with Gasteiger partial charge in [-0.05, 0) is 36.5 Å². The maximum absolute atomic E-state index is 12.2. The largest absolute Gasteiger partial charge is 0.481 e. The lowest BCUT2D eigenvalue weighted by Gasteiger charge is -2.46. The number of urea groups is 1. The van der Waals surface area contributed by atoms with E-state index in [4.69, 9.17) is 5.11 Å². The summed E-state index contributed by atoms with van der Waals surface area (Å²) >= 11 is 0. The molecule has 0 heterocycles. The van der Waals surface area contributed by atoms with Crippen molar-refractivity contribution in [1.29, 1.82) is 0 Å². The second-order valence-electron chi connectivity index (χ2n) is 7.99. The molecule has 0 aliphatic heterocycles. The molecule has 0 saturated heterocycles. The van der Waals surface area contributed by atoms with Crippen LogP contribution in [0.4, 0.5) is 4.79 Å². The summed E-state index contributed by atoms with van der Waals surface area (Å²) in [6, 6.07) is -0.764. The lowest BCUT2D eigenvalue weighted by molar-refractivity contribution is -0.137. The third-order valence-corrected chi connectivity index (χ3v) is 4.55. The quantitative estimate of drug-likeness (QED) is 0.489. The number of nitrogens with one attached hydrogen (secondary N) is 2. The molecule has 0 aromatic heterocycles. The van der Waals surface area contributed by atoms with Gasteiger partial charge < -0.3 is 15.7 Å². The Balaban J connectivity index is 2.69. The number of carboxylic acid groups (broad SMARTS) is 1. The van der Waals surface area contributed by atoms with Gasteiger partial charge in [0.1, 0.15) is 0 Å². The van der Waals surface area contributed by atoms with Crippen molar-refractivity contribution in [2.24, 2.45) is 15.8 Å². The zero-order valence-electron chi connectivity index (χ0n) is 15.0. The molecule has 1 aliphatic rings. The van der Waals surface area contributed by atoms with E-state index in [1.807, 2.05) is 6.92 Å². The van der Waals surface area contributed by atoms with Crippen molar-refractivity contribution in [1.82, 2.24) is 10.6 Å². The Morgan fingerprint density at radius 3 is 2.54 bits per heavy atom. The van der Waals surface area contributed by atoms with Gasteiger partial charge in [-0.3, -0.25) is 4.79 Å². The van der Waals surface area contributed by atoms with Gasteiger partial charge in [-0.1, -0.05) is 27.7 Å². The van der Waals surface area contributed by atoms with E-state index in [-0.39, 0.29) is 35.4 Å². The average Bonchev–Trinajstić information content (AvgIpc) is 2.41. The molecule has 1 fully saturated rings. The third-order valence-electron chi connectivity index (χ3n) is 4.55. The van der Waals surface area contributed by atoms with Crippen molar-refractivity contribution in [2.45, 2.75) is 71.9 Å². The van der Waals surface area contributed by atoms with Crippen LogP contribution in [-0.2, 0) is 9.59 Å². The molecule has 7 nitrogen and oxygen atoms in total. The van der Waals surface area contributed by atoms with Crippen LogP contribution in [0.5, 0.6) is 0 Å². The highest BCUT2D eigenvalue weighted by atomic mass is 16.4. The summed E-state index contributed by atoms with van der Waals surface area (Å²) in [6.07, 6.45) is 4.54. The van der Waals surface area contributed by atoms with E-state index >= 15 is 0 Å². The Morgan fingerprint density at radius 2 is 2.00 bits per heavy atom. The number of rotatable bonds is 7. The first-order chi connectivity index (χ1) is 11.1. The fourth-order valence-electron chi connectivity index (χ4n) is 4.00. The number of isocyanates is 1. The first-order valence-corrected chi connectivity index (χ1v) is 8.41. The Morgan fingerprint density at radius 1 is 1.33 bits per heavy atom. The Labute approximate surface area is 143 Å². The van der Waals surface area contributed by atoms with Gasteiger partial charge >= 0.3 is 12.0 Å².